The molecule has 0 aliphatic carbocycles. The van der Waals surface area contributed by atoms with Gasteiger partial charge in [-0.15, -0.1) is 0 Å². The summed E-state index contributed by atoms with van der Waals surface area (Å²) < 4.78 is 27.7. The Bertz CT molecular complexity index is 1130. The standard InChI is InChI=1S/C29H42ClN3O4S/c1-4-5-6-7-8-9-10-11-12-16-21-38(36,37)32-24-19-20-26(30)27(22-24)31-28(34)23(2)29(35)33(3)25-17-14-13-15-18-25/h13-15,17-20,22-23,32H,4-12,16,21H2,1-3H3,(H,31,34). The first-order chi connectivity index (χ1) is 18.1. The van der Waals surface area contributed by atoms with Crippen molar-refractivity contribution in [1.29, 1.82) is 0 Å². The van der Waals surface area contributed by atoms with E-state index in [9.17, 15) is 18.0 Å². The molecule has 0 aliphatic rings. The molecule has 0 radical (unpaired) electrons. The van der Waals surface area contributed by atoms with Crippen LogP contribution in [0.1, 0.15) is 78.1 Å². The Morgan fingerprint density at radius 3 is 2.08 bits per heavy atom. The highest BCUT2D eigenvalue weighted by Gasteiger charge is 2.26. The van der Waals surface area contributed by atoms with Crippen molar-refractivity contribution >= 4 is 50.5 Å². The summed E-state index contributed by atoms with van der Waals surface area (Å²) in [6, 6.07) is 13.6. The molecule has 0 spiro atoms. The van der Waals surface area contributed by atoms with Gasteiger partial charge in [-0.05, 0) is 43.7 Å². The molecule has 7 nitrogen and oxygen atoms in total. The molecule has 0 aromatic heterocycles. The highest BCUT2D eigenvalue weighted by molar-refractivity contribution is 7.92. The number of hydrogen-bond donors (Lipinski definition) is 2. The Kier molecular flexibility index (Phi) is 13.7. The third kappa shape index (κ3) is 11.0. The summed E-state index contributed by atoms with van der Waals surface area (Å²) in [6.45, 7) is 3.73. The van der Waals surface area contributed by atoms with E-state index in [1.54, 1.807) is 25.2 Å². The lowest BCUT2D eigenvalue weighted by molar-refractivity contribution is -0.129. The molecule has 2 N–H and O–H groups in total. The molecule has 2 aromatic rings. The summed E-state index contributed by atoms with van der Waals surface area (Å²) in [5.41, 5.74) is 1.21. The highest BCUT2D eigenvalue weighted by Crippen LogP contribution is 2.27. The van der Waals surface area contributed by atoms with E-state index in [1.807, 2.05) is 18.2 Å². The summed E-state index contributed by atoms with van der Waals surface area (Å²) in [7, 11) is -1.93. The molecule has 0 saturated carbocycles. The minimum absolute atomic E-state index is 0.0329. The zero-order valence-electron chi connectivity index (χ0n) is 22.8. The van der Waals surface area contributed by atoms with Crippen molar-refractivity contribution in [3.8, 4) is 0 Å². The van der Waals surface area contributed by atoms with Gasteiger partial charge in [0.25, 0.3) is 0 Å². The molecule has 38 heavy (non-hydrogen) atoms. The van der Waals surface area contributed by atoms with Crippen LogP contribution in [0.3, 0.4) is 0 Å². The van der Waals surface area contributed by atoms with Crippen LogP contribution in [0.15, 0.2) is 48.5 Å². The molecule has 0 heterocycles. The molecule has 2 aromatic carbocycles. The summed E-state index contributed by atoms with van der Waals surface area (Å²) in [6.07, 6.45) is 11.3. The van der Waals surface area contributed by atoms with E-state index in [0.29, 0.717) is 17.8 Å². The Morgan fingerprint density at radius 1 is 0.895 bits per heavy atom. The number of nitrogens with one attached hydrogen (secondary N) is 2. The van der Waals surface area contributed by atoms with Crippen LogP contribution in [-0.4, -0.2) is 33.0 Å². The minimum atomic E-state index is -3.54. The molecule has 1 unspecified atom stereocenters. The Hall–Kier alpha value is -2.58. The zero-order chi connectivity index (χ0) is 28.0. The van der Waals surface area contributed by atoms with Crippen LogP contribution in [0, 0.1) is 5.92 Å². The van der Waals surface area contributed by atoms with Gasteiger partial charge in [0.1, 0.15) is 5.92 Å². The molecule has 9 heteroatoms. The number of hydrogen-bond acceptors (Lipinski definition) is 4. The van der Waals surface area contributed by atoms with Crippen LogP contribution in [0.5, 0.6) is 0 Å². The molecule has 0 fully saturated rings. The fourth-order valence-electron chi connectivity index (χ4n) is 4.12. The molecular weight excluding hydrogens is 522 g/mol. The van der Waals surface area contributed by atoms with E-state index in [2.05, 4.69) is 17.0 Å². The lowest BCUT2D eigenvalue weighted by atomic mass is 10.1. The number of unbranched alkanes of at least 4 members (excludes halogenated alkanes) is 9. The first-order valence-corrected chi connectivity index (χ1v) is 15.6. The first-order valence-electron chi connectivity index (χ1n) is 13.6. The maximum atomic E-state index is 12.8. The molecule has 0 bridgehead atoms. The van der Waals surface area contributed by atoms with E-state index in [-0.39, 0.29) is 22.4 Å². The van der Waals surface area contributed by atoms with Crippen molar-refractivity contribution in [2.75, 3.05) is 27.7 Å². The van der Waals surface area contributed by atoms with Gasteiger partial charge in [0, 0.05) is 12.7 Å². The normalized spacial score (nSPS) is 12.1. The molecule has 1 atom stereocenters. The van der Waals surface area contributed by atoms with Crippen molar-refractivity contribution in [3.05, 3.63) is 53.6 Å². The second-order valence-corrected chi connectivity index (χ2v) is 12.0. The maximum Gasteiger partial charge on any atom is 0.239 e. The number of anilines is 3. The molecule has 0 aliphatic heterocycles. The maximum absolute atomic E-state index is 12.8. The average Bonchev–Trinajstić information content (AvgIpc) is 2.90. The quantitative estimate of drug-likeness (QED) is 0.157. The molecule has 210 valence electrons. The van der Waals surface area contributed by atoms with E-state index in [0.717, 1.165) is 19.3 Å². The van der Waals surface area contributed by atoms with Gasteiger partial charge in [-0.3, -0.25) is 14.3 Å². The summed E-state index contributed by atoms with van der Waals surface area (Å²) >= 11 is 6.25. The topological polar surface area (TPSA) is 95.6 Å². The number of para-hydroxylation sites is 1. The molecular formula is C29H42ClN3O4S. The van der Waals surface area contributed by atoms with Crippen molar-refractivity contribution in [2.24, 2.45) is 5.92 Å². The third-order valence-corrected chi connectivity index (χ3v) is 8.20. The Labute approximate surface area is 233 Å². The first kappa shape index (κ1) is 31.6. The fraction of sp³-hybridized carbons (Fsp3) is 0.517. The number of rotatable bonds is 17. The molecule has 2 amide bonds. The number of halogens is 1. The van der Waals surface area contributed by atoms with Gasteiger partial charge in [0.2, 0.25) is 21.8 Å². The monoisotopic (exact) mass is 563 g/mol. The smallest absolute Gasteiger partial charge is 0.239 e. The largest absolute Gasteiger partial charge is 0.324 e. The van der Waals surface area contributed by atoms with Crippen LogP contribution in [-0.2, 0) is 19.6 Å². The van der Waals surface area contributed by atoms with Crippen LogP contribution in [0.2, 0.25) is 5.02 Å². The number of carbonyl (C=O) groups is 2. The summed E-state index contributed by atoms with van der Waals surface area (Å²) in [5.74, 6) is -1.86. The minimum Gasteiger partial charge on any atom is -0.324 e. The van der Waals surface area contributed by atoms with Crippen LogP contribution in [0.25, 0.3) is 0 Å². The third-order valence-electron chi connectivity index (χ3n) is 6.50. The van der Waals surface area contributed by atoms with Gasteiger partial charge in [0.05, 0.1) is 22.2 Å². The van der Waals surface area contributed by atoms with Crippen molar-refractivity contribution < 1.29 is 18.0 Å². The SMILES string of the molecule is CCCCCCCCCCCCS(=O)(=O)Nc1ccc(Cl)c(NC(=O)C(C)C(=O)N(C)c2ccccc2)c1. The second-order valence-electron chi connectivity index (χ2n) is 9.74. The lowest BCUT2D eigenvalue weighted by Gasteiger charge is -2.21. The fourth-order valence-corrected chi connectivity index (χ4v) is 5.45. The van der Waals surface area contributed by atoms with E-state index in [1.165, 1.54) is 62.5 Å². The number of sulfonamides is 1. The van der Waals surface area contributed by atoms with Gasteiger partial charge >= 0.3 is 0 Å². The molecule has 2 rings (SSSR count). The summed E-state index contributed by atoms with van der Waals surface area (Å²) in [5, 5.41) is 2.90. The van der Waals surface area contributed by atoms with Crippen LogP contribution in [0.4, 0.5) is 17.1 Å². The summed E-state index contributed by atoms with van der Waals surface area (Å²) in [4.78, 5) is 27.0. The zero-order valence-corrected chi connectivity index (χ0v) is 24.4. The van der Waals surface area contributed by atoms with Crippen molar-refractivity contribution in [3.63, 3.8) is 0 Å². The van der Waals surface area contributed by atoms with E-state index in [4.69, 9.17) is 11.6 Å². The van der Waals surface area contributed by atoms with Crippen LogP contribution >= 0.6 is 11.6 Å². The number of carbonyl (C=O) groups excluding carboxylic acids is 2. The second kappa shape index (κ2) is 16.4. The van der Waals surface area contributed by atoms with Gasteiger partial charge in [-0.2, -0.15) is 0 Å². The highest BCUT2D eigenvalue weighted by atomic mass is 35.5. The predicted octanol–water partition coefficient (Wildman–Crippen LogP) is 7.24. The number of nitrogens with zero attached hydrogens (tertiary/aromatic N) is 1. The average molecular weight is 564 g/mol. The van der Waals surface area contributed by atoms with E-state index < -0.39 is 21.8 Å². The predicted molar refractivity (Wildman–Crippen MR) is 158 cm³/mol. The van der Waals surface area contributed by atoms with Gasteiger partial charge in [-0.25, -0.2) is 8.42 Å². The van der Waals surface area contributed by atoms with Crippen molar-refractivity contribution in [2.45, 2.75) is 78.1 Å². The molecule has 0 saturated heterocycles. The van der Waals surface area contributed by atoms with E-state index >= 15 is 0 Å². The van der Waals surface area contributed by atoms with Crippen LogP contribution < -0.4 is 14.9 Å². The van der Waals surface area contributed by atoms with Crippen molar-refractivity contribution in [1.82, 2.24) is 0 Å². The lowest BCUT2D eigenvalue weighted by Crippen LogP contribution is -2.38. The van der Waals surface area contributed by atoms with Gasteiger partial charge < -0.3 is 10.2 Å². The van der Waals surface area contributed by atoms with Gasteiger partial charge in [0.15, 0.2) is 0 Å². The Morgan fingerprint density at radius 2 is 1.47 bits per heavy atom. The number of benzene rings is 2. The Balaban J connectivity index is 1.84. The number of amides is 2. The van der Waals surface area contributed by atoms with Gasteiger partial charge in [-0.1, -0.05) is 94.5 Å².